The number of nitrogens with zero attached hydrogens (tertiary/aromatic N) is 1. The van der Waals surface area contributed by atoms with E-state index in [1.165, 1.54) is 32.4 Å². The smallest absolute Gasteiger partial charge is 0.0278 e. The number of rotatable bonds is 6. The van der Waals surface area contributed by atoms with Gasteiger partial charge < -0.3 is 5.32 Å². The van der Waals surface area contributed by atoms with Gasteiger partial charge in [-0.1, -0.05) is 20.8 Å². The molecule has 0 aliphatic carbocycles. The molecule has 1 aliphatic rings. The summed E-state index contributed by atoms with van der Waals surface area (Å²) in [5, 5.41) is 4.52. The van der Waals surface area contributed by atoms with Crippen LogP contribution in [0.2, 0.25) is 0 Å². The van der Waals surface area contributed by atoms with Crippen LogP contribution in [0.25, 0.3) is 0 Å². The molecule has 3 atom stereocenters. The summed E-state index contributed by atoms with van der Waals surface area (Å²) < 4.78 is 0. The summed E-state index contributed by atoms with van der Waals surface area (Å²) in [6, 6.07) is 0.740. The summed E-state index contributed by atoms with van der Waals surface area (Å²) in [5.41, 5.74) is 0.328. The third-order valence-electron chi connectivity index (χ3n) is 4.31. The molecule has 2 nitrogen and oxygen atoms in total. The summed E-state index contributed by atoms with van der Waals surface area (Å²) >= 11 is 1.99. The highest BCUT2D eigenvalue weighted by molar-refractivity contribution is 7.99. The second-order valence-electron chi connectivity index (χ2n) is 5.66. The quantitative estimate of drug-likeness (QED) is 0.788. The van der Waals surface area contributed by atoms with Crippen molar-refractivity contribution in [1.29, 1.82) is 0 Å². The molecule has 1 fully saturated rings. The maximum absolute atomic E-state index is 3.73. The Kier molecular flexibility index (Phi) is 6.32. The molecule has 3 heteroatoms. The second-order valence-corrected chi connectivity index (χ2v) is 6.94. The van der Waals surface area contributed by atoms with E-state index in [1.807, 2.05) is 11.8 Å². The summed E-state index contributed by atoms with van der Waals surface area (Å²) in [4.78, 5) is 2.72. The highest BCUT2D eigenvalue weighted by Gasteiger charge is 2.33. The van der Waals surface area contributed by atoms with Gasteiger partial charge in [0.2, 0.25) is 0 Å². The lowest BCUT2D eigenvalue weighted by Crippen LogP contribution is -2.62. The molecule has 3 unspecified atom stereocenters. The Bertz CT molecular complexity index is 222. The van der Waals surface area contributed by atoms with Crippen molar-refractivity contribution < 1.29 is 0 Å². The zero-order valence-corrected chi connectivity index (χ0v) is 13.1. The Morgan fingerprint density at radius 2 is 2.18 bits per heavy atom. The Hall–Kier alpha value is 0.270. The maximum Gasteiger partial charge on any atom is 0.0278 e. The van der Waals surface area contributed by atoms with Crippen molar-refractivity contribution in [3.8, 4) is 0 Å². The van der Waals surface area contributed by atoms with E-state index in [0.717, 1.165) is 17.8 Å². The van der Waals surface area contributed by atoms with Crippen molar-refractivity contribution in [2.24, 2.45) is 0 Å². The van der Waals surface area contributed by atoms with E-state index < -0.39 is 0 Å². The second kappa shape index (κ2) is 7.01. The van der Waals surface area contributed by atoms with Crippen LogP contribution in [0.15, 0.2) is 0 Å². The van der Waals surface area contributed by atoms with Gasteiger partial charge in [-0.25, -0.2) is 0 Å². The topological polar surface area (TPSA) is 15.3 Å². The van der Waals surface area contributed by atoms with Gasteiger partial charge in [-0.3, -0.25) is 4.90 Å². The number of piperazine rings is 1. The molecule has 0 aromatic rings. The Morgan fingerprint density at radius 3 is 2.71 bits per heavy atom. The predicted molar refractivity (Wildman–Crippen MR) is 79.9 cm³/mol. The average molecular weight is 258 g/mol. The third-order valence-corrected chi connectivity index (χ3v) is 5.35. The fourth-order valence-corrected chi connectivity index (χ4v) is 2.83. The molecular formula is C14H30N2S. The van der Waals surface area contributed by atoms with Gasteiger partial charge in [0.05, 0.1) is 0 Å². The summed E-state index contributed by atoms with van der Waals surface area (Å²) in [6.45, 7) is 12.9. The summed E-state index contributed by atoms with van der Waals surface area (Å²) in [7, 11) is 0. The molecule has 0 amide bonds. The molecular weight excluding hydrogens is 228 g/mol. The molecule has 0 aromatic heterocycles. The highest BCUT2D eigenvalue weighted by Crippen LogP contribution is 2.21. The summed E-state index contributed by atoms with van der Waals surface area (Å²) in [6.07, 6.45) is 6.02. The van der Waals surface area contributed by atoms with Crippen molar-refractivity contribution in [2.75, 3.05) is 25.9 Å². The van der Waals surface area contributed by atoms with Gasteiger partial charge in [0.1, 0.15) is 0 Å². The zero-order valence-electron chi connectivity index (χ0n) is 12.3. The monoisotopic (exact) mass is 258 g/mol. The normalized spacial score (nSPS) is 32.6. The van der Waals surface area contributed by atoms with Crippen molar-refractivity contribution in [2.45, 2.75) is 63.8 Å². The minimum atomic E-state index is 0.328. The van der Waals surface area contributed by atoms with Gasteiger partial charge in [0.15, 0.2) is 0 Å². The van der Waals surface area contributed by atoms with Crippen LogP contribution in [0.4, 0.5) is 0 Å². The Morgan fingerprint density at radius 1 is 1.47 bits per heavy atom. The Labute approximate surface area is 112 Å². The molecule has 0 aromatic carbocycles. The Balaban J connectivity index is 2.51. The van der Waals surface area contributed by atoms with E-state index in [2.05, 4.69) is 44.2 Å². The van der Waals surface area contributed by atoms with Gasteiger partial charge in [-0.2, -0.15) is 11.8 Å². The van der Waals surface area contributed by atoms with Crippen molar-refractivity contribution in [3.63, 3.8) is 0 Å². The first kappa shape index (κ1) is 15.3. The van der Waals surface area contributed by atoms with Crippen LogP contribution in [0, 0.1) is 0 Å². The number of hydrogen-bond acceptors (Lipinski definition) is 3. The SMILES string of the molecule is CCC1CNC(C)(CC)CN1CCC(C)SC. The molecule has 1 N–H and O–H groups in total. The third kappa shape index (κ3) is 4.46. The van der Waals surface area contributed by atoms with Crippen LogP contribution in [-0.4, -0.2) is 47.6 Å². The fraction of sp³-hybridized carbons (Fsp3) is 1.00. The maximum atomic E-state index is 3.73. The predicted octanol–water partition coefficient (Wildman–Crippen LogP) is 2.98. The molecule has 0 bridgehead atoms. The molecule has 1 heterocycles. The van der Waals surface area contributed by atoms with Crippen LogP contribution in [0.3, 0.4) is 0 Å². The average Bonchev–Trinajstić information content (AvgIpc) is 2.36. The van der Waals surface area contributed by atoms with Gasteiger partial charge >= 0.3 is 0 Å². The van der Waals surface area contributed by atoms with Gasteiger partial charge in [-0.15, -0.1) is 0 Å². The number of nitrogens with one attached hydrogen (secondary N) is 1. The van der Waals surface area contributed by atoms with E-state index in [0.29, 0.717) is 5.54 Å². The minimum Gasteiger partial charge on any atom is -0.309 e. The molecule has 1 aliphatic heterocycles. The van der Waals surface area contributed by atoms with Crippen LogP contribution in [0.1, 0.15) is 47.0 Å². The van der Waals surface area contributed by atoms with Crippen LogP contribution in [0.5, 0.6) is 0 Å². The van der Waals surface area contributed by atoms with Crippen molar-refractivity contribution >= 4 is 11.8 Å². The van der Waals surface area contributed by atoms with Crippen LogP contribution >= 0.6 is 11.8 Å². The van der Waals surface area contributed by atoms with E-state index in [4.69, 9.17) is 0 Å². The van der Waals surface area contributed by atoms with Crippen LogP contribution in [-0.2, 0) is 0 Å². The molecule has 102 valence electrons. The highest BCUT2D eigenvalue weighted by atomic mass is 32.2. The van der Waals surface area contributed by atoms with E-state index in [1.54, 1.807) is 0 Å². The fourth-order valence-electron chi connectivity index (χ4n) is 2.49. The molecule has 0 saturated carbocycles. The lowest BCUT2D eigenvalue weighted by molar-refractivity contribution is 0.0812. The van der Waals surface area contributed by atoms with Gasteiger partial charge in [0, 0.05) is 29.9 Å². The summed E-state index contributed by atoms with van der Waals surface area (Å²) in [5.74, 6) is 0. The molecule has 17 heavy (non-hydrogen) atoms. The van der Waals surface area contributed by atoms with Gasteiger partial charge in [-0.05, 0) is 39.0 Å². The lowest BCUT2D eigenvalue weighted by atomic mass is 9.92. The standard InChI is InChI=1S/C14H30N2S/c1-6-13-10-15-14(4,7-2)11-16(13)9-8-12(3)17-5/h12-13,15H,6-11H2,1-5H3. The van der Waals surface area contributed by atoms with E-state index in [9.17, 15) is 0 Å². The molecule has 1 rings (SSSR count). The van der Waals surface area contributed by atoms with Crippen molar-refractivity contribution in [3.05, 3.63) is 0 Å². The van der Waals surface area contributed by atoms with Crippen LogP contribution < -0.4 is 5.32 Å². The van der Waals surface area contributed by atoms with Gasteiger partial charge in [0.25, 0.3) is 0 Å². The largest absolute Gasteiger partial charge is 0.309 e. The first-order valence-electron chi connectivity index (χ1n) is 7.06. The minimum absolute atomic E-state index is 0.328. The first-order valence-corrected chi connectivity index (χ1v) is 8.35. The lowest BCUT2D eigenvalue weighted by Gasteiger charge is -2.46. The van der Waals surface area contributed by atoms with E-state index >= 15 is 0 Å². The molecule has 0 spiro atoms. The number of hydrogen-bond donors (Lipinski definition) is 1. The molecule has 0 radical (unpaired) electrons. The van der Waals surface area contributed by atoms with E-state index in [-0.39, 0.29) is 0 Å². The molecule has 1 saturated heterocycles. The number of thioether (sulfide) groups is 1. The first-order chi connectivity index (χ1) is 8.04. The van der Waals surface area contributed by atoms with Crippen molar-refractivity contribution in [1.82, 2.24) is 10.2 Å². The zero-order chi connectivity index (χ0) is 12.9.